The summed E-state index contributed by atoms with van der Waals surface area (Å²) in [6.45, 7) is 2.04. The van der Waals surface area contributed by atoms with E-state index in [2.05, 4.69) is 5.32 Å². The van der Waals surface area contributed by atoms with Gasteiger partial charge < -0.3 is 24.4 Å². The molecule has 1 N–H and O–H groups in total. The largest absolute Gasteiger partial charge is 0.493 e. The van der Waals surface area contributed by atoms with Crippen LogP contribution in [0.4, 0.5) is 0 Å². The molecule has 28 heavy (non-hydrogen) atoms. The van der Waals surface area contributed by atoms with Gasteiger partial charge >= 0.3 is 0 Å². The van der Waals surface area contributed by atoms with E-state index in [0.717, 1.165) is 31.2 Å². The second-order valence-corrected chi connectivity index (χ2v) is 7.36. The maximum absolute atomic E-state index is 12.4. The standard InChI is InChI=1S/C21H30N2O5/c1-26-17-7-5-15(14-19(17)27-2)6-8-20(24)22-16-9-11-23(12-10-16)21(25)18-4-3-13-28-18/h5,7,14,16,18H,3-4,6,8-13H2,1-2H3,(H,22,24). The number of carbonyl (C=O) groups excluding carboxylic acids is 2. The molecule has 3 rings (SSSR count). The molecule has 0 bridgehead atoms. The average molecular weight is 390 g/mol. The van der Waals surface area contributed by atoms with Crippen LogP contribution in [0.2, 0.25) is 0 Å². The van der Waals surface area contributed by atoms with Crippen molar-refractivity contribution in [3.63, 3.8) is 0 Å². The number of ether oxygens (including phenoxy) is 3. The molecule has 2 heterocycles. The van der Waals surface area contributed by atoms with Crippen molar-refractivity contribution in [1.82, 2.24) is 10.2 Å². The van der Waals surface area contributed by atoms with Gasteiger partial charge in [0, 0.05) is 32.2 Å². The highest BCUT2D eigenvalue weighted by Crippen LogP contribution is 2.28. The Labute approximate surface area is 166 Å². The van der Waals surface area contributed by atoms with Crippen LogP contribution in [0.1, 0.15) is 37.7 Å². The van der Waals surface area contributed by atoms with Gasteiger partial charge in [0.25, 0.3) is 5.91 Å². The van der Waals surface area contributed by atoms with E-state index in [0.29, 0.717) is 44.0 Å². The zero-order valence-electron chi connectivity index (χ0n) is 16.7. The summed E-state index contributed by atoms with van der Waals surface area (Å²) in [6, 6.07) is 5.84. The summed E-state index contributed by atoms with van der Waals surface area (Å²) in [5.74, 6) is 1.50. The topological polar surface area (TPSA) is 77.1 Å². The molecule has 2 amide bonds. The van der Waals surface area contributed by atoms with E-state index in [9.17, 15) is 9.59 Å². The second kappa shape index (κ2) is 9.78. The fourth-order valence-electron chi connectivity index (χ4n) is 3.81. The van der Waals surface area contributed by atoms with Gasteiger partial charge in [-0.1, -0.05) is 6.07 Å². The summed E-state index contributed by atoms with van der Waals surface area (Å²) in [5.41, 5.74) is 1.03. The molecule has 154 valence electrons. The Bertz CT molecular complexity index is 679. The lowest BCUT2D eigenvalue weighted by atomic mass is 10.0. The molecule has 1 unspecified atom stereocenters. The lowest BCUT2D eigenvalue weighted by Crippen LogP contribution is -2.49. The summed E-state index contributed by atoms with van der Waals surface area (Å²) < 4.78 is 16.0. The van der Waals surface area contributed by atoms with E-state index in [1.165, 1.54) is 0 Å². The highest BCUT2D eigenvalue weighted by Gasteiger charge is 2.31. The van der Waals surface area contributed by atoms with Crippen molar-refractivity contribution < 1.29 is 23.8 Å². The first-order valence-corrected chi connectivity index (χ1v) is 10.0. The molecule has 1 aromatic rings. The van der Waals surface area contributed by atoms with Crippen LogP contribution in [0.5, 0.6) is 11.5 Å². The second-order valence-electron chi connectivity index (χ2n) is 7.36. The van der Waals surface area contributed by atoms with Crippen LogP contribution >= 0.6 is 0 Å². The molecule has 1 aromatic carbocycles. The van der Waals surface area contributed by atoms with Crippen molar-refractivity contribution in [2.75, 3.05) is 33.9 Å². The zero-order chi connectivity index (χ0) is 19.9. The third kappa shape index (κ3) is 5.16. The van der Waals surface area contributed by atoms with E-state index in [1.807, 2.05) is 23.1 Å². The minimum absolute atomic E-state index is 0.0405. The highest BCUT2D eigenvalue weighted by atomic mass is 16.5. The number of nitrogens with zero attached hydrogens (tertiary/aromatic N) is 1. The first kappa shape index (κ1) is 20.5. The molecule has 7 nitrogen and oxygen atoms in total. The van der Waals surface area contributed by atoms with Gasteiger partial charge in [-0.2, -0.15) is 0 Å². The fraction of sp³-hybridized carbons (Fsp3) is 0.619. The molecule has 0 aliphatic carbocycles. The number of benzene rings is 1. The van der Waals surface area contributed by atoms with Crippen LogP contribution in [0.3, 0.4) is 0 Å². The molecule has 2 fully saturated rings. The van der Waals surface area contributed by atoms with Gasteiger partial charge in [-0.3, -0.25) is 9.59 Å². The molecule has 0 saturated carbocycles. The zero-order valence-corrected chi connectivity index (χ0v) is 16.7. The van der Waals surface area contributed by atoms with Crippen molar-refractivity contribution in [2.24, 2.45) is 0 Å². The summed E-state index contributed by atoms with van der Waals surface area (Å²) in [7, 11) is 3.20. The van der Waals surface area contributed by atoms with E-state index in [1.54, 1.807) is 14.2 Å². The van der Waals surface area contributed by atoms with Crippen molar-refractivity contribution in [1.29, 1.82) is 0 Å². The Morgan fingerprint density at radius 2 is 1.89 bits per heavy atom. The number of carbonyl (C=O) groups is 2. The smallest absolute Gasteiger partial charge is 0.251 e. The summed E-state index contributed by atoms with van der Waals surface area (Å²) in [6.07, 6.45) is 4.18. The minimum atomic E-state index is -0.257. The lowest BCUT2D eigenvalue weighted by Gasteiger charge is -2.33. The van der Waals surface area contributed by atoms with Crippen molar-refractivity contribution >= 4 is 11.8 Å². The predicted octanol–water partition coefficient (Wildman–Crippen LogP) is 1.92. The number of aryl methyl sites for hydroxylation is 1. The van der Waals surface area contributed by atoms with Crippen molar-refractivity contribution in [3.8, 4) is 11.5 Å². The molecule has 2 aliphatic heterocycles. The Morgan fingerprint density at radius 1 is 1.14 bits per heavy atom. The van der Waals surface area contributed by atoms with Gasteiger partial charge in [0.05, 0.1) is 14.2 Å². The summed E-state index contributed by atoms with van der Waals surface area (Å²) in [5, 5.41) is 3.11. The van der Waals surface area contributed by atoms with Gasteiger partial charge in [-0.25, -0.2) is 0 Å². The highest BCUT2D eigenvalue weighted by molar-refractivity contribution is 5.81. The third-order valence-electron chi connectivity index (χ3n) is 5.47. The van der Waals surface area contributed by atoms with Gasteiger partial charge in [-0.15, -0.1) is 0 Å². The number of amides is 2. The molecule has 0 radical (unpaired) electrons. The SMILES string of the molecule is COc1ccc(CCC(=O)NC2CCN(C(=O)C3CCCO3)CC2)cc1OC. The van der Waals surface area contributed by atoms with Crippen LogP contribution in [0, 0.1) is 0 Å². The van der Waals surface area contributed by atoms with Crippen LogP contribution in [-0.2, 0) is 20.7 Å². The number of hydrogen-bond acceptors (Lipinski definition) is 5. The third-order valence-corrected chi connectivity index (χ3v) is 5.47. The summed E-state index contributed by atoms with van der Waals surface area (Å²) in [4.78, 5) is 26.6. The maximum Gasteiger partial charge on any atom is 0.251 e. The molecular weight excluding hydrogens is 360 g/mol. The summed E-state index contributed by atoms with van der Waals surface area (Å²) >= 11 is 0. The molecule has 0 spiro atoms. The van der Waals surface area contributed by atoms with Crippen molar-refractivity contribution in [2.45, 2.75) is 50.7 Å². The van der Waals surface area contributed by atoms with Crippen LogP contribution < -0.4 is 14.8 Å². The molecule has 2 aliphatic rings. The quantitative estimate of drug-likeness (QED) is 0.770. The molecule has 2 saturated heterocycles. The Hall–Kier alpha value is -2.28. The van der Waals surface area contributed by atoms with Crippen molar-refractivity contribution in [3.05, 3.63) is 23.8 Å². The molecule has 1 atom stereocenters. The maximum atomic E-state index is 12.4. The monoisotopic (exact) mass is 390 g/mol. The number of piperidine rings is 1. The molecule has 0 aromatic heterocycles. The van der Waals surface area contributed by atoms with E-state index >= 15 is 0 Å². The Kier molecular flexibility index (Phi) is 7.14. The van der Waals surface area contributed by atoms with Crippen LogP contribution in [-0.4, -0.2) is 62.8 Å². The first-order chi connectivity index (χ1) is 13.6. The minimum Gasteiger partial charge on any atom is -0.493 e. The number of rotatable bonds is 7. The van der Waals surface area contributed by atoms with Crippen LogP contribution in [0.15, 0.2) is 18.2 Å². The predicted molar refractivity (Wildman–Crippen MR) is 105 cm³/mol. The number of nitrogens with one attached hydrogen (secondary N) is 1. The molecule has 7 heteroatoms. The number of likely N-dealkylation sites (tertiary alicyclic amines) is 1. The number of hydrogen-bond donors (Lipinski definition) is 1. The Balaban J connectivity index is 1.40. The van der Waals surface area contributed by atoms with Gasteiger partial charge in [0.15, 0.2) is 11.5 Å². The average Bonchev–Trinajstić information content (AvgIpc) is 3.27. The van der Waals surface area contributed by atoms with E-state index in [4.69, 9.17) is 14.2 Å². The van der Waals surface area contributed by atoms with Gasteiger partial charge in [0.1, 0.15) is 6.10 Å². The van der Waals surface area contributed by atoms with Gasteiger partial charge in [0.2, 0.25) is 5.91 Å². The van der Waals surface area contributed by atoms with Gasteiger partial charge in [-0.05, 0) is 49.8 Å². The fourth-order valence-corrected chi connectivity index (χ4v) is 3.81. The Morgan fingerprint density at radius 3 is 2.54 bits per heavy atom. The van der Waals surface area contributed by atoms with Crippen LogP contribution in [0.25, 0.3) is 0 Å². The van der Waals surface area contributed by atoms with E-state index < -0.39 is 0 Å². The first-order valence-electron chi connectivity index (χ1n) is 10.0. The number of methoxy groups -OCH3 is 2. The lowest BCUT2D eigenvalue weighted by molar-refractivity contribution is -0.142. The normalized spacial score (nSPS) is 20.1. The molecular formula is C21H30N2O5. The van der Waals surface area contributed by atoms with E-state index in [-0.39, 0.29) is 24.0 Å².